The van der Waals surface area contributed by atoms with E-state index in [2.05, 4.69) is 31.1 Å². The van der Waals surface area contributed by atoms with Crippen LogP contribution in [0.4, 0.5) is 5.69 Å². The number of anilines is 1. The third kappa shape index (κ3) is 2.29. The molecule has 1 aliphatic carbocycles. The Morgan fingerprint density at radius 1 is 1.47 bits per heavy atom. The third-order valence-electron chi connectivity index (χ3n) is 3.27. The average molecular weight is 296 g/mol. The maximum absolute atomic E-state index is 11.8. The van der Waals surface area contributed by atoms with Gasteiger partial charge in [-0.2, -0.15) is 0 Å². The lowest BCUT2D eigenvalue weighted by Crippen LogP contribution is -2.54. The van der Waals surface area contributed by atoms with Crippen molar-refractivity contribution in [2.75, 3.05) is 18.0 Å². The highest BCUT2D eigenvalue weighted by Gasteiger charge is 2.35. The number of nitrogens with zero attached hydrogens (tertiary/aromatic N) is 2. The van der Waals surface area contributed by atoms with Crippen LogP contribution in [0.1, 0.15) is 12.8 Å². The first-order chi connectivity index (χ1) is 8.24. The van der Waals surface area contributed by atoms with Crippen molar-refractivity contribution in [1.29, 1.82) is 0 Å². The highest BCUT2D eigenvalue weighted by atomic mass is 79.9. The first-order valence-electron chi connectivity index (χ1n) is 5.89. The van der Waals surface area contributed by atoms with E-state index in [4.69, 9.17) is 0 Å². The van der Waals surface area contributed by atoms with Crippen molar-refractivity contribution in [2.24, 2.45) is 5.92 Å². The van der Waals surface area contributed by atoms with Gasteiger partial charge in [0.2, 0.25) is 5.91 Å². The number of pyridine rings is 1. The Labute approximate surface area is 109 Å². The Morgan fingerprint density at radius 3 is 2.88 bits per heavy atom. The summed E-state index contributed by atoms with van der Waals surface area (Å²) in [6.45, 7) is 1.61. The summed E-state index contributed by atoms with van der Waals surface area (Å²) in [5, 5.41) is 3.05. The van der Waals surface area contributed by atoms with Gasteiger partial charge in [0, 0.05) is 31.5 Å². The minimum absolute atomic E-state index is 0.149. The lowest BCUT2D eigenvalue weighted by Gasteiger charge is -2.40. The maximum Gasteiger partial charge on any atom is 0.226 e. The van der Waals surface area contributed by atoms with Gasteiger partial charge in [0.25, 0.3) is 0 Å². The second-order valence-corrected chi connectivity index (χ2v) is 5.57. The SMILES string of the molecule is O=C(NC1CC1)C1CN(c2ccncc2Br)C1. The molecular weight excluding hydrogens is 282 g/mol. The molecule has 17 heavy (non-hydrogen) atoms. The number of halogens is 1. The zero-order chi connectivity index (χ0) is 11.8. The van der Waals surface area contributed by atoms with E-state index < -0.39 is 0 Å². The van der Waals surface area contributed by atoms with E-state index in [1.165, 1.54) is 0 Å². The minimum atomic E-state index is 0.149. The van der Waals surface area contributed by atoms with E-state index >= 15 is 0 Å². The zero-order valence-electron chi connectivity index (χ0n) is 9.40. The average Bonchev–Trinajstić information content (AvgIpc) is 3.02. The first kappa shape index (κ1) is 11.0. The fourth-order valence-electron chi connectivity index (χ4n) is 2.01. The predicted octanol–water partition coefficient (Wildman–Crippen LogP) is 1.56. The van der Waals surface area contributed by atoms with Crippen LogP contribution in [-0.4, -0.2) is 30.0 Å². The Bertz CT molecular complexity index is 441. The molecule has 2 fully saturated rings. The van der Waals surface area contributed by atoms with Crippen LogP contribution in [0, 0.1) is 5.92 Å². The van der Waals surface area contributed by atoms with Gasteiger partial charge in [-0.3, -0.25) is 9.78 Å². The summed E-state index contributed by atoms with van der Waals surface area (Å²) < 4.78 is 0.987. The van der Waals surface area contributed by atoms with E-state index in [-0.39, 0.29) is 11.8 Å². The van der Waals surface area contributed by atoms with Gasteiger partial charge in [-0.1, -0.05) is 0 Å². The van der Waals surface area contributed by atoms with Gasteiger partial charge >= 0.3 is 0 Å². The topological polar surface area (TPSA) is 45.2 Å². The molecule has 1 aromatic rings. The summed E-state index contributed by atoms with van der Waals surface area (Å²) >= 11 is 3.47. The number of amides is 1. The molecular formula is C12H14BrN3O. The van der Waals surface area contributed by atoms with Crippen LogP contribution in [0.5, 0.6) is 0 Å². The van der Waals surface area contributed by atoms with Crippen LogP contribution in [-0.2, 0) is 4.79 Å². The first-order valence-corrected chi connectivity index (χ1v) is 6.68. The molecule has 4 nitrogen and oxygen atoms in total. The summed E-state index contributed by atoms with van der Waals surface area (Å²) in [6, 6.07) is 2.43. The van der Waals surface area contributed by atoms with Crippen LogP contribution < -0.4 is 10.2 Å². The van der Waals surface area contributed by atoms with Gasteiger partial charge in [0.1, 0.15) is 0 Å². The van der Waals surface area contributed by atoms with Crippen molar-refractivity contribution in [3.8, 4) is 0 Å². The summed E-state index contributed by atoms with van der Waals surface area (Å²) in [5.74, 6) is 0.365. The molecule has 1 amide bonds. The Balaban J connectivity index is 1.57. The van der Waals surface area contributed by atoms with E-state index in [1.807, 2.05) is 6.07 Å². The van der Waals surface area contributed by atoms with Crippen LogP contribution in [0.3, 0.4) is 0 Å². The van der Waals surface area contributed by atoms with Crippen LogP contribution in [0.2, 0.25) is 0 Å². The molecule has 2 heterocycles. The molecule has 1 saturated heterocycles. The fraction of sp³-hybridized carbons (Fsp3) is 0.500. The number of rotatable bonds is 3. The maximum atomic E-state index is 11.8. The smallest absolute Gasteiger partial charge is 0.226 e. The molecule has 0 atom stereocenters. The molecule has 90 valence electrons. The van der Waals surface area contributed by atoms with Gasteiger partial charge in [-0.25, -0.2) is 0 Å². The van der Waals surface area contributed by atoms with Crippen molar-refractivity contribution in [3.63, 3.8) is 0 Å². The summed E-state index contributed by atoms with van der Waals surface area (Å²) in [5.41, 5.74) is 1.12. The number of hydrogen-bond acceptors (Lipinski definition) is 3. The van der Waals surface area contributed by atoms with Crippen molar-refractivity contribution < 1.29 is 4.79 Å². The molecule has 0 spiro atoms. The molecule has 1 N–H and O–H groups in total. The monoisotopic (exact) mass is 295 g/mol. The van der Waals surface area contributed by atoms with Gasteiger partial charge in [0.15, 0.2) is 0 Å². The molecule has 0 radical (unpaired) electrons. The standard InChI is InChI=1S/C12H14BrN3O/c13-10-5-14-4-3-11(10)16-6-8(7-16)12(17)15-9-1-2-9/h3-5,8-9H,1-2,6-7H2,(H,15,17). The van der Waals surface area contributed by atoms with E-state index in [1.54, 1.807) is 12.4 Å². The highest BCUT2D eigenvalue weighted by Crippen LogP contribution is 2.31. The Morgan fingerprint density at radius 2 is 2.24 bits per heavy atom. The van der Waals surface area contributed by atoms with E-state index in [0.29, 0.717) is 6.04 Å². The minimum Gasteiger partial charge on any atom is -0.369 e. The normalized spacial score (nSPS) is 19.9. The lowest BCUT2D eigenvalue weighted by atomic mass is 9.98. The molecule has 5 heteroatoms. The van der Waals surface area contributed by atoms with Gasteiger partial charge in [-0.05, 0) is 34.8 Å². The van der Waals surface area contributed by atoms with Crippen molar-refractivity contribution in [2.45, 2.75) is 18.9 Å². The number of aromatic nitrogens is 1. The molecule has 1 saturated carbocycles. The molecule has 0 bridgehead atoms. The number of carbonyl (C=O) groups is 1. The molecule has 3 rings (SSSR count). The molecule has 1 aromatic heterocycles. The van der Waals surface area contributed by atoms with Crippen LogP contribution in [0.15, 0.2) is 22.9 Å². The van der Waals surface area contributed by atoms with Gasteiger partial charge in [-0.15, -0.1) is 0 Å². The highest BCUT2D eigenvalue weighted by molar-refractivity contribution is 9.10. The van der Waals surface area contributed by atoms with Crippen molar-refractivity contribution >= 4 is 27.5 Å². The Hall–Kier alpha value is -1.10. The van der Waals surface area contributed by atoms with Crippen LogP contribution in [0.25, 0.3) is 0 Å². The fourth-order valence-corrected chi connectivity index (χ4v) is 2.51. The number of hydrogen-bond donors (Lipinski definition) is 1. The van der Waals surface area contributed by atoms with E-state index in [9.17, 15) is 4.79 Å². The van der Waals surface area contributed by atoms with E-state index in [0.717, 1.165) is 36.1 Å². The Kier molecular flexibility index (Phi) is 2.78. The summed E-state index contributed by atoms with van der Waals surface area (Å²) in [4.78, 5) is 18.0. The van der Waals surface area contributed by atoms with Crippen LogP contribution >= 0.6 is 15.9 Å². The molecule has 0 unspecified atom stereocenters. The second-order valence-electron chi connectivity index (χ2n) is 4.71. The second kappa shape index (κ2) is 4.29. The zero-order valence-corrected chi connectivity index (χ0v) is 11.0. The summed E-state index contributed by atoms with van der Waals surface area (Å²) in [6.07, 6.45) is 5.86. The van der Waals surface area contributed by atoms with Gasteiger partial charge < -0.3 is 10.2 Å². The van der Waals surface area contributed by atoms with Crippen molar-refractivity contribution in [3.05, 3.63) is 22.9 Å². The largest absolute Gasteiger partial charge is 0.369 e. The summed E-state index contributed by atoms with van der Waals surface area (Å²) in [7, 11) is 0. The number of carbonyl (C=O) groups excluding carboxylic acids is 1. The molecule has 0 aromatic carbocycles. The van der Waals surface area contributed by atoms with Gasteiger partial charge in [0.05, 0.1) is 16.1 Å². The third-order valence-corrected chi connectivity index (χ3v) is 3.88. The number of nitrogens with one attached hydrogen (secondary N) is 1. The lowest BCUT2D eigenvalue weighted by molar-refractivity contribution is -0.125. The van der Waals surface area contributed by atoms with Crippen molar-refractivity contribution in [1.82, 2.24) is 10.3 Å². The predicted molar refractivity (Wildman–Crippen MR) is 68.8 cm³/mol. The molecule has 1 aliphatic heterocycles. The molecule has 2 aliphatic rings. The quantitative estimate of drug-likeness (QED) is 0.920.